The summed E-state index contributed by atoms with van der Waals surface area (Å²) in [6.07, 6.45) is 1.82. The molecule has 1 aliphatic heterocycles. The number of hydrogen-bond donors (Lipinski definition) is 1. The van der Waals surface area contributed by atoms with Gasteiger partial charge in [0.15, 0.2) is 5.17 Å². The van der Waals surface area contributed by atoms with Gasteiger partial charge in [0.05, 0.1) is 16.2 Å². The smallest absolute Gasteiger partial charge is 0.337 e. The maximum Gasteiger partial charge on any atom is 0.337 e. The van der Waals surface area contributed by atoms with Crippen molar-refractivity contribution in [3.63, 3.8) is 0 Å². The second-order valence-corrected chi connectivity index (χ2v) is 6.56. The lowest BCUT2D eigenvalue weighted by molar-refractivity contribution is -0.113. The number of amides is 1. The van der Waals surface area contributed by atoms with E-state index in [9.17, 15) is 14.7 Å². The maximum absolute atomic E-state index is 12.2. The van der Waals surface area contributed by atoms with Crippen LogP contribution in [0.3, 0.4) is 0 Å². The van der Waals surface area contributed by atoms with E-state index in [1.807, 2.05) is 37.3 Å². The molecule has 0 radical (unpaired) electrons. The molecule has 0 saturated heterocycles. The lowest BCUT2D eigenvalue weighted by Crippen LogP contribution is -2.24. The number of rotatable bonds is 3. The van der Waals surface area contributed by atoms with Crippen molar-refractivity contribution in [2.45, 2.75) is 6.92 Å². The van der Waals surface area contributed by atoms with Gasteiger partial charge < -0.3 is 10.0 Å². The number of carboxylic acid groups (broad SMARTS) is 1. The molecule has 0 atom stereocenters. The number of aliphatic imine (C=N–C) groups is 1. The van der Waals surface area contributed by atoms with Gasteiger partial charge in [-0.1, -0.05) is 36.4 Å². The van der Waals surface area contributed by atoms with Crippen molar-refractivity contribution < 1.29 is 14.7 Å². The molecule has 0 saturated carbocycles. The molecule has 6 heteroatoms. The Morgan fingerprint density at radius 2 is 1.84 bits per heavy atom. The number of amidine groups is 1. The molecule has 0 fully saturated rings. The van der Waals surface area contributed by atoms with E-state index in [4.69, 9.17) is 0 Å². The molecule has 3 rings (SSSR count). The molecule has 0 spiro atoms. The number of thioether (sulfide) groups is 1. The predicted octanol–water partition coefficient (Wildman–Crippen LogP) is 3.80. The van der Waals surface area contributed by atoms with Crippen molar-refractivity contribution in [1.29, 1.82) is 0 Å². The van der Waals surface area contributed by atoms with Crippen molar-refractivity contribution in [2.24, 2.45) is 4.99 Å². The van der Waals surface area contributed by atoms with Gasteiger partial charge in [0.25, 0.3) is 5.91 Å². The van der Waals surface area contributed by atoms with Crippen LogP contribution in [0.4, 0.5) is 5.69 Å². The summed E-state index contributed by atoms with van der Waals surface area (Å²) >= 11 is 1.24. The van der Waals surface area contributed by atoms with Crippen LogP contribution >= 0.6 is 11.8 Å². The van der Waals surface area contributed by atoms with Crippen LogP contribution in [0.25, 0.3) is 6.08 Å². The summed E-state index contributed by atoms with van der Waals surface area (Å²) in [7, 11) is 1.71. The van der Waals surface area contributed by atoms with Crippen molar-refractivity contribution in [2.75, 3.05) is 11.9 Å². The Morgan fingerprint density at radius 1 is 1.16 bits per heavy atom. The first-order valence-corrected chi connectivity index (χ1v) is 8.43. The number of carboxylic acids is 1. The van der Waals surface area contributed by atoms with Crippen molar-refractivity contribution >= 4 is 40.6 Å². The summed E-state index contributed by atoms with van der Waals surface area (Å²) in [5.41, 5.74) is 2.69. The number of aryl methyl sites for hydroxylation is 1. The first-order valence-electron chi connectivity index (χ1n) is 7.61. The molecule has 0 aliphatic carbocycles. The molecule has 0 unspecified atom stereocenters. The van der Waals surface area contributed by atoms with Gasteiger partial charge in [-0.2, -0.15) is 4.99 Å². The fourth-order valence-corrected chi connectivity index (χ4v) is 3.36. The van der Waals surface area contributed by atoms with Gasteiger partial charge in [-0.05, 0) is 48.0 Å². The van der Waals surface area contributed by atoms with E-state index in [1.54, 1.807) is 30.1 Å². The highest BCUT2D eigenvalue weighted by Gasteiger charge is 2.27. The third kappa shape index (κ3) is 3.49. The number of aromatic carboxylic acids is 1. The third-order valence-electron chi connectivity index (χ3n) is 3.87. The minimum Gasteiger partial charge on any atom is -0.478 e. The zero-order valence-electron chi connectivity index (χ0n) is 13.8. The van der Waals surface area contributed by atoms with Crippen molar-refractivity contribution in [3.8, 4) is 0 Å². The Morgan fingerprint density at radius 3 is 2.56 bits per heavy atom. The normalized spacial score (nSPS) is 15.4. The SMILES string of the molecule is Cc1ccccc1/C=C1\SC(N(C)c2ccccc2C(=O)O)=NC1=O. The van der Waals surface area contributed by atoms with Crippen LogP contribution in [0.2, 0.25) is 0 Å². The zero-order valence-corrected chi connectivity index (χ0v) is 14.6. The molecular weight excluding hydrogens is 336 g/mol. The summed E-state index contributed by atoms with van der Waals surface area (Å²) in [5.74, 6) is -1.34. The van der Waals surface area contributed by atoms with Gasteiger partial charge in [-0.15, -0.1) is 0 Å². The van der Waals surface area contributed by atoms with Crippen LogP contribution in [0.1, 0.15) is 21.5 Å². The van der Waals surface area contributed by atoms with Gasteiger partial charge in [-0.3, -0.25) is 4.79 Å². The molecule has 0 aromatic heterocycles. The lowest BCUT2D eigenvalue weighted by Gasteiger charge is -2.19. The molecule has 126 valence electrons. The second-order valence-electron chi connectivity index (χ2n) is 5.55. The maximum atomic E-state index is 12.2. The number of nitrogens with zero attached hydrogens (tertiary/aromatic N) is 2. The Hall–Kier alpha value is -2.86. The zero-order chi connectivity index (χ0) is 18.0. The number of para-hydroxylation sites is 1. The number of hydrogen-bond acceptors (Lipinski definition) is 4. The predicted molar refractivity (Wildman–Crippen MR) is 101 cm³/mol. The molecule has 0 bridgehead atoms. The summed E-state index contributed by atoms with van der Waals surface area (Å²) in [6.45, 7) is 1.98. The van der Waals surface area contributed by atoms with E-state index in [-0.39, 0.29) is 11.5 Å². The van der Waals surface area contributed by atoms with Crippen molar-refractivity contribution in [1.82, 2.24) is 0 Å². The highest BCUT2D eigenvalue weighted by molar-refractivity contribution is 8.18. The van der Waals surface area contributed by atoms with Crippen LogP contribution in [0, 0.1) is 6.92 Å². The van der Waals surface area contributed by atoms with Crippen LogP contribution in [0.15, 0.2) is 58.4 Å². The van der Waals surface area contributed by atoms with E-state index < -0.39 is 5.97 Å². The number of anilines is 1. The lowest BCUT2D eigenvalue weighted by atomic mass is 10.1. The molecule has 2 aromatic rings. The van der Waals surface area contributed by atoms with Crippen LogP contribution in [0.5, 0.6) is 0 Å². The summed E-state index contributed by atoms with van der Waals surface area (Å²) in [6, 6.07) is 14.4. The first kappa shape index (κ1) is 17.0. The molecular formula is C19H16N2O3S. The molecule has 1 N–H and O–H groups in total. The second kappa shape index (κ2) is 6.94. The van der Waals surface area contributed by atoms with Gasteiger partial charge in [-0.25, -0.2) is 4.79 Å². The minimum absolute atomic E-state index is 0.164. The summed E-state index contributed by atoms with van der Waals surface area (Å²) in [4.78, 5) is 29.9. The molecule has 5 nitrogen and oxygen atoms in total. The number of carbonyl (C=O) groups is 2. The highest BCUT2D eigenvalue weighted by atomic mass is 32.2. The Bertz CT molecular complexity index is 918. The highest BCUT2D eigenvalue weighted by Crippen LogP contribution is 2.33. The van der Waals surface area contributed by atoms with Gasteiger partial charge >= 0.3 is 5.97 Å². The largest absolute Gasteiger partial charge is 0.478 e. The average Bonchev–Trinajstić information content (AvgIpc) is 2.97. The summed E-state index contributed by atoms with van der Waals surface area (Å²) < 4.78 is 0. The minimum atomic E-state index is -1.02. The van der Waals surface area contributed by atoms with Crippen LogP contribution in [-0.2, 0) is 4.79 Å². The fourth-order valence-electron chi connectivity index (χ4n) is 2.48. The monoisotopic (exact) mass is 352 g/mol. The average molecular weight is 352 g/mol. The standard InChI is InChI=1S/C19H16N2O3S/c1-12-7-3-4-8-13(12)11-16-17(22)20-19(25-16)21(2)15-10-6-5-9-14(15)18(23)24/h3-11H,1-2H3,(H,23,24)/b16-11-. The van der Waals surface area contributed by atoms with E-state index in [0.29, 0.717) is 15.8 Å². The van der Waals surface area contributed by atoms with Gasteiger partial charge in [0.2, 0.25) is 0 Å². The Kier molecular flexibility index (Phi) is 4.72. The fraction of sp³-hybridized carbons (Fsp3) is 0.105. The van der Waals surface area contributed by atoms with Crippen LogP contribution < -0.4 is 4.90 Å². The third-order valence-corrected chi connectivity index (χ3v) is 4.93. The van der Waals surface area contributed by atoms with Crippen molar-refractivity contribution in [3.05, 3.63) is 70.1 Å². The van der Waals surface area contributed by atoms with E-state index in [0.717, 1.165) is 11.1 Å². The van der Waals surface area contributed by atoms with E-state index in [2.05, 4.69) is 4.99 Å². The first-order chi connectivity index (χ1) is 12.0. The van der Waals surface area contributed by atoms with Gasteiger partial charge in [0.1, 0.15) is 0 Å². The van der Waals surface area contributed by atoms with E-state index in [1.165, 1.54) is 17.8 Å². The number of carbonyl (C=O) groups excluding carboxylic acids is 1. The number of benzene rings is 2. The molecule has 1 amide bonds. The molecule has 2 aromatic carbocycles. The van der Waals surface area contributed by atoms with E-state index >= 15 is 0 Å². The Labute approximate surface area is 149 Å². The molecule has 25 heavy (non-hydrogen) atoms. The molecule has 1 aliphatic rings. The van der Waals surface area contributed by atoms with Gasteiger partial charge in [0, 0.05) is 7.05 Å². The quantitative estimate of drug-likeness (QED) is 0.851. The topological polar surface area (TPSA) is 70.0 Å². The molecule has 1 heterocycles. The van der Waals surface area contributed by atoms with Crippen LogP contribution in [-0.4, -0.2) is 29.2 Å². The Balaban J connectivity index is 1.89. The summed E-state index contributed by atoms with van der Waals surface area (Å²) in [5, 5.41) is 9.79.